The Bertz CT molecular complexity index is 579. The lowest BCUT2D eigenvalue weighted by Crippen LogP contribution is -2.49. The first-order valence-corrected chi connectivity index (χ1v) is 8.20. The van der Waals surface area contributed by atoms with E-state index >= 15 is 0 Å². The first kappa shape index (κ1) is 18.1. The van der Waals surface area contributed by atoms with Crippen LogP contribution in [0.15, 0.2) is 18.2 Å². The summed E-state index contributed by atoms with van der Waals surface area (Å²) < 4.78 is 10.5. The molecule has 1 aromatic rings. The Hall–Kier alpha value is -2.24. The number of carboxylic acid groups (broad SMARTS) is 1. The Morgan fingerprint density at radius 3 is 2.38 bits per heavy atom. The number of methoxy groups -OCH3 is 2. The molecule has 0 aliphatic carbocycles. The minimum atomic E-state index is -0.822. The molecule has 6 heteroatoms. The topological polar surface area (TPSA) is 76.1 Å². The zero-order chi connectivity index (χ0) is 17.7. The maximum atomic E-state index is 12.5. The van der Waals surface area contributed by atoms with E-state index in [0.29, 0.717) is 37.3 Å². The summed E-state index contributed by atoms with van der Waals surface area (Å²) in [6, 6.07) is 5.30. The zero-order valence-electron chi connectivity index (χ0n) is 14.4. The molecule has 1 amide bonds. The highest BCUT2D eigenvalue weighted by Crippen LogP contribution is 2.26. The molecule has 2 atom stereocenters. The number of rotatable bonds is 6. The van der Waals surface area contributed by atoms with Crippen LogP contribution in [0.1, 0.15) is 31.7 Å². The van der Waals surface area contributed by atoms with E-state index in [-0.39, 0.29) is 11.9 Å². The SMILES string of the molecule is COc1cc(CCC(=O)N2CCC[C@H](C(=O)O)[C@@H]2C)cc(OC)c1. The van der Waals surface area contributed by atoms with Crippen molar-refractivity contribution in [3.63, 3.8) is 0 Å². The number of nitrogens with zero attached hydrogens (tertiary/aromatic N) is 1. The molecule has 0 aromatic heterocycles. The molecular weight excluding hydrogens is 310 g/mol. The van der Waals surface area contributed by atoms with Crippen molar-refractivity contribution in [3.05, 3.63) is 23.8 Å². The fourth-order valence-electron chi connectivity index (χ4n) is 3.23. The second-order valence-corrected chi connectivity index (χ2v) is 6.14. The van der Waals surface area contributed by atoms with Crippen molar-refractivity contribution in [2.75, 3.05) is 20.8 Å². The van der Waals surface area contributed by atoms with Crippen molar-refractivity contribution in [2.24, 2.45) is 5.92 Å². The molecule has 6 nitrogen and oxygen atoms in total. The van der Waals surface area contributed by atoms with E-state index in [1.54, 1.807) is 25.2 Å². The highest BCUT2D eigenvalue weighted by Gasteiger charge is 2.34. The summed E-state index contributed by atoms with van der Waals surface area (Å²) in [5.41, 5.74) is 0.957. The van der Waals surface area contributed by atoms with Crippen LogP contribution < -0.4 is 9.47 Å². The fraction of sp³-hybridized carbons (Fsp3) is 0.556. The number of likely N-dealkylation sites (tertiary alicyclic amines) is 1. The molecule has 0 saturated carbocycles. The predicted molar refractivity (Wildman–Crippen MR) is 89.4 cm³/mol. The van der Waals surface area contributed by atoms with Crippen molar-refractivity contribution in [1.82, 2.24) is 4.90 Å². The monoisotopic (exact) mass is 335 g/mol. The highest BCUT2D eigenvalue weighted by atomic mass is 16.5. The van der Waals surface area contributed by atoms with Crippen LogP contribution in [0.2, 0.25) is 0 Å². The van der Waals surface area contributed by atoms with Crippen LogP contribution in [-0.4, -0.2) is 48.7 Å². The average molecular weight is 335 g/mol. The van der Waals surface area contributed by atoms with E-state index in [2.05, 4.69) is 0 Å². The van der Waals surface area contributed by atoms with Gasteiger partial charge in [-0.25, -0.2) is 0 Å². The van der Waals surface area contributed by atoms with Crippen LogP contribution in [0, 0.1) is 5.92 Å². The maximum absolute atomic E-state index is 12.5. The van der Waals surface area contributed by atoms with Crippen LogP contribution in [0.5, 0.6) is 11.5 Å². The van der Waals surface area contributed by atoms with Gasteiger partial charge in [-0.05, 0) is 43.9 Å². The van der Waals surface area contributed by atoms with Crippen LogP contribution in [0.3, 0.4) is 0 Å². The summed E-state index contributed by atoms with van der Waals surface area (Å²) >= 11 is 0. The number of ether oxygens (including phenoxy) is 2. The summed E-state index contributed by atoms with van der Waals surface area (Å²) in [6.07, 6.45) is 2.27. The van der Waals surface area contributed by atoms with Gasteiger partial charge in [-0.1, -0.05) is 0 Å². The molecule has 0 radical (unpaired) electrons. The lowest BCUT2D eigenvalue weighted by atomic mass is 9.90. The van der Waals surface area contributed by atoms with Gasteiger partial charge in [0.2, 0.25) is 5.91 Å². The van der Waals surface area contributed by atoms with Crippen molar-refractivity contribution < 1.29 is 24.2 Å². The number of amides is 1. The van der Waals surface area contributed by atoms with E-state index in [4.69, 9.17) is 9.47 Å². The van der Waals surface area contributed by atoms with Gasteiger partial charge in [-0.15, -0.1) is 0 Å². The van der Waals surface area contributed by atoms with Gasteiger partial charge in [0.25, 0.3) is 0 Å². The normalized spacial score (nSPS) is 20.5. The van der Waals surface area contributed by atoms with Crippen LogP contribution in [-0.2, 0) is 16.0 Å². The molecule has 1 aliphatic heterocycles. The van der Waals surface area contributed by atoms with E-state index in [0.717, 1.165) is 12.0 Å². The number of aliphatic carboxylic acids is 1. The molecule has 1 fully saturated rings. The highest BCUT2D eigenvalue weighted by molar-refractivity contribution is 5.79. The van der Waals surface area contributed by atoms with Crippen LogP contribution in [0.25, 0.3) is 0 Å². The summed E-state index contributed by atoms with van der Waals surface area (Å²) in [6.45, 7) is 2.45. The molecule has 1 saturated heterocycles. The standard InChI is InChI=1S/C18H25NO5/c1-12-16(18(21)22)5-4-8-19(12)17(20)7-6-13-9-14(23-2)11-15(10-13)24-3/h9-12,16H,4-8H2,1-3H3,(H,21,22)/t12-,16-/m0/s1. The van der Waals surface area contributed by atoms with Crippen molar-refractivity contribution in [1.29, 1.82) is 0 Å². The van der Waals surface area contributed by atoms with Gasteiger partial charge < -0.3 is 19.5 Å². The van der Waals surface area contributed by atoms with Gasteiger partial charge in [0, 0.05) is 25.1 Å². The molecule has 24 heavy (non-hydrogen) atoms. The van der Waals surface area contributed by atoms with Gasteiger partial charge in [-0.3, -0.25) is 9.59 Å². The Labute approximate surface area is 142 Å². The molecule has 0 spiro atoms. The summed E-state index contributed by atoms with van der Waals surface area (Å²) in [4.78, 5) is 25.5. The number of benzene rings is 1. The summed E-state index contributed by atoms with van der Waals surface area (Å²) in [7, 11) is 3.18. The minimum absolute atomic E-state index is 0.00441. The van der Waals surface area contributed by atoms with Crippen molar-refractivity contribution in [2.45, 2.75) is 38.6 Å². The van der Waals surface area contributed by atoms with Crippen LogP contribution >= 0.6 is 0 Å². The third-order valence-electron chi connectivity index (χ3n) is 4.66. The number of hydrogen-bond donors (Lipinski definition) is 1. The smallest absolute Gasteiger partial charge is 0.308 e. The van der Waals surface area contributed by atoms with Crippen LogP contribution in [0.4, 0.5) is 0 Å². The molecule has 132 valence electrons. The Kier molecular flexibility index (Phi) is 6.06. The van der Waals surface area contributed by atoms with Gasteiger partial charge in [0.05, 0.1) is 20.1 Å². The van der Waals surface area contributed by atoms with E-state index in [9.17, 15) is 14.7 Å². The minimum Gasteiger partial charge on any atom is -0.497 e. The van der Waals surface area contributed by atoms with E-state index in [1.165, 1.54) is 0 Å². The number of aryl methyl sites for hydroxylation is 1. The van der Waals surface area contributed by atoms with E-state index in [1.807, 2.05) is 19.1 Å². The number of hydrogen-bond acceptors (Lipinski definition) is 4. The number of piperidine rings is 1. The van der Waals surface area contributed by atoms with Gasteiger partial charge in [0.15, 0.2) is 0 Å². The largest absolute Gasteiger partial charge is 0.497 e. The molecule has 1 heterocycles. The predicted octanol–water partition coefficient (Wildman–Crippen LogP) is 2.35. The number of carbonyl (C=O) groups is 2. The first-order chi connectivity index (χ1) is 11.5. The lowest BCUT2D eigenvalue weighted by Gasteiger charge is -2.37. The van der Waals surface area contributed by atoms with Crippen molar-refractivity contribution >= 4 is 11.9 Å². The lowest BCUT2D eigenvalue weighted by molar-refractivity contribution is -0.149. The quantitative estimate of drug-likeness (QED) is 0.863. The molecule has 0 unspecified atom stereocenters. The Morgan fingerprint density at radius 1 is 1.21 bits per heavy atom. The first-order valence-electron chi connectivity index (χ1n) is 8.20. The van der Waals surface area contributed by atoms with Gasteiger partial charge in [0.1, 0.15) is 11.5 Å². The van der Waals surface area contributed by atoms with Crippen molar-refractivity contribution in [3.8, 4) is 11.5 Å². The van der Waals surface area contributed by atoms with Gasteiger partial charge in [-0.2, -0.15) is 0 Å². The Morgan fingerprint density at radius 2 is 1.83 bits per heavy atom. The molecule has 1 aromatic carbocycles. The number of carbonyl (C=O) groups excluding carboxylic acids is 1. The third-order valence-corrected chi connectivity index (χ3v) is 4.66. The molecule has 1 aliphatic rings. The average Bonchev–Trinajstić information content (AvgIpc) is 2.59. The molecule has 2 rings (SSSR count). The fourth-order valence-corrected chi connectivity index (χ4v) is 3.23. The second-order valence-electron chi connectivity index (χ2n) is 6.14. The summed E-state index contributed by atoms with van der Waals surface area (Å²) in [5, 5.41) is 9.27. The molecule has 1 N–H and O–H groups in total. The molecule has 0 bridgehead atoms. The maximum Gasteiger partial charge on any atom is 0.308 e. The Balaban J connectivity index is 2.01. The zero-order valence-corrected chi connectivity index (χ0v) is 14.4. The second kappa shape index (κ2) is 8.04. The van der Waals surface area contributed by atoms with E-state index < -0.39 is 11.9 Å². The third kappa shape index (κ3) is 4.19. The molecular formula is C18H25NO5. The number of carboxylic acids is 1. The summed E-state index contributed by atoms with van der Waals surface area (Å²) in [5.74, 6) is 0.0792. The van der Waals surface area contributed by atoms with Gasteiger partial charge >= 0.3 is 5.97 Å².